The summed E-state index contributed by atoms with van der Waals surface area (Å²) in [4.78, 5) is 4.30. The molecule has 0 bridgehead atoms. The van der Waals surface area contributed by atoms with E-state index in [1.165, 1.54) is 5.69 Å². The van der Waals surface area contributed by atoms with Gasteiger partial charge in [-0.05, 0) is 38.5 Å². The number of aryl methyl sites for hydroxylation is 1. The highest BCUT2D eigenvalue weighted by Gasteiger charge is 2.06. The van der Waals surface area contributed by atoms with Crippen LogP contribution in [-0.2, 0) is 0 Å². The number of aromatic nitrogens is 2. The fourth-order valence-electron chi connectivity index (χ4n) is 1.72. The molecule has 2 rings (SSSR count). The smallest absolute Gasteiger partial charge is 0.0997 e. The molecule has 0 aliphatic rings. The van der Waals surface area contributed by atoms with Gasteiger partial charge in [0.1, 0.15) is 0 Å². The summed E-state index contributed by atoms with van der Waals surface area (Å²) in [5.41, 5.74) is 10.4. The van der Waals surface area contributed by atoms with Crippen LogP contribution in [0.3, 0.4) is 0 Å². The number of hydrogen-bond donors (Lipinski definition) is 1. The van der Waals surface area contributed by atoms with E-state index in [0.717, 1.165) is 16.9 Å². The third-order valence-electron chi connectivity index (χ3n) is 2.93. The minimum atomic E-state index is 0.0601. The molecule has 1 aromatic heterocycles. The molecule has 3 heteroatoms. The van der Waals surface area contributed by atoms with Crippen LogP contribution in [0.15, 0.2) is 30.6 Å². The molecule has 16 heavy (non-hydrogen) atoms. The average Bonchev–Trinajstić information content (AvgIpc) is 2.60. The minimum absolute atomic E-state index is 0.0601. The highest BCUT2D eigenvalue weighted by molar-refractivity contribution is 5.39. The first kappa shape index (κ1) is 10.9. The Morgan fingerprint density at radius 3 is 2.62 bits per heavy atom. The Bertz CT molecular complexity index is 498. The van der Waals surface area contributed by atoms with Crippen LogP contribution in [0.25, 0.3) is 5.69 Å². The zero-order valence-electron chi connectivity index (χ0n) is 9.94. The van der Waals surface area contributed by atoms with Crippen LogP contribution in [0.4, 0.5) is 0 Å². The first-order chi connectivity index (χ1) is 7.59. The maximum absolute atomic E-state index is 5.88. The lowest BCUT2D eigenvalue weighted by Gasteiger charge is -2.10. The maximum atomic E-state index is 5.88. The van der Waals surface area contributed by atoms with Crippen LogP contribution >= 0.6 is 0 Å². The van der Waals surface area contributed by atoms with Gasteiger partial charge in [-0.2, -0.15) is 0 Å². The highest BCUT2D eigenvalue weighted by atomic mass is 15.1. The number of hydrogen-bond acceptors (Lipinski definition) is 2. The zero-order valence-corrected chi connectivity index (χ0v) is 9.94. The van der Waals surface area contributed by atoms with E-state index in [1.54, 1.807) is 0 Å². The summed E-state index contributed by atoms with van der Waals surface area (Å²) < 4.78 is 2.08. The third-order valence-corrected chi connectivity index (χ3v) is 2.93. The van der Waals surface area contributed by atoms with Gasteiger partial charge in [-0.1, -0.05) is 12.1 Å². The van der Waals surface area contributed by atoms with Crippen molar-refractivity contribution in [2.75, 3.05) is 0 Å². The van der Waals surface area contributed by atoms with Gasteiger partial charge in [0.05, 0.1) is 12.0 Å². The second-order valence-electron chi connectivity index (χ2n) is 4.17. The molecular weight excluding hydrogens is 198 g/mol. The molecule has 0 saturated carbocycles. The summed E-state index contributed by atoms with van der Waals surface area (Å²) in [6, 6.07) is 8.32. The Balaban J connectivity index is 2.48. The molecule has 0 fully saturated rings. The monoisotopic (exact) mass is 215 g/mol. The van der Waals surface area contributed by atoms with Gasteiger partial charge in [0.15, 0.2) is 0 Å². The Kier molecular flexibility index (Phi) is 2.79. The molecule has 1 heterocycles. The van der Waals surface area contributed by atoms with Crippen molar-refractivity contribution in [2.45, 2.75) is 26.8 Å². The lowest BCUT2D eigenvalue weighted by atomic mass is 10.1. The van der Waals surface area contributed by atoms with Crippen LogP contribution in [-0.4, -0.2) is 9.55 Å². The Morgan fingerprint density at radius 2 is 2.06 bits per heavy atom. The standard InChI is InChI=1S/C13H17N3/c1-9(14)12-5-4-6-13(7-12)16-8-15-10(2)11(16)3/h4-9H,14H2,1-3H3. The summed E-state index contributed by atoms with van der Waals surface area (Å²) in [7, 11) is 0. The Hall–Kier alpha value is -1.61. The topological polar surface area (TPSA) is 43.8 Å². The van der Waals surface area contributed by atoms with E-state index in [2.05, 4.69) is 28.6 Å². The molecule has 0 saturated heterocycles. The van der Waals surface area contributed by atoms with Crippen LogP contribution in [0.5, 0.6) is 0 Å². The number of benzene rings is 1. The van der Waals surface area contributed by atoms with E-state index >= 15 is 0 Å². The predicted octanol–water partition coefficient (Wildman–Crippen LogP) is 2.51. The Labute approximate surface area is 95.9 Å². The van der Waals surface area contributed by atoms with Crippen molar-refractivity contribution in [2.24, 2.45) is 5.73 Å². The first-order valence-electron chi connectivity index (χ1n) is 5.46. The van der Waals surface area contributed by atoms with E-state index in [-0.39, 0.29) is 6.04 Å². The van der Waals surface area contributed by atoms with Gasteiger partial charge in [-0.15, -0.1) is 0 Å². The van der Waals surface area contributed by atoms with Gasteiger partial charge >= 0.3 is 0 Å². The molecule has 2 aromatic rings. The third kappa shape index (κ3) is 1.86. The molecule has 0 aliphatic carbocycles. The van der Waals surface area contributed by atoms with Crippen LogP contribution in [0, 0.1) is 13.8 Å². The van der Waals surface area contributed by atoms with Crippen molar-refractivity contribution in [1.29, 1.82) is 0 Å². The number of nitrogens with zero attached hydrogens (tertiary/aromatic N) is 2. The van der Waals surface area contributed by atoms with Gasteiger partial charge in [-0.25, -0.2) is 4.98 Å². The fraction of sp³-hybridized carbons (Fsp3) is 0.308. The molecule has 1 aromatic carbocycles. The van der Waals surface area contributed by atoms with Crippen LogP contribution < -0.4 is 5.73 Å². The van der Waals surface area contributed by atoms with Crippen molar-refractivity contribution >= 4 is 0 Å². The molecular formula is C13H17N3. The lowest BCUT2D eigenvalue weighted by molar-refractivity contribution is 0.815. The normalized spacial score (nSPS) is 12.8. The van der Waals surface area contributed by atoms with Crippen molar-refractivity contribution in [3.63, 3.8) is 0 Å². The Morgan fingerprint density at radius 1 is 1.31 bits per heavy atom. The van der Waals surface area contributed by atoms with Crippen molar-refractivity contribution in [3.05, 3.63) is 47.5 Å². The minimum Gasteiger partial charge on any atom is -0.324 e. The summed E-state index contributed by atoms with van der Waals surface area (Å²) in [5, 5.41) is 0. The number of imidazole rings is 1. The van der Waals surface area contributed by atoms with Gasteiger partial charge in [0, 0.05) is 17.4 Å². The van der Waals surface area contributed by atoms with Gasteiger partial charge in [0.2, 0.25) is 0 Å². The average molecular weight is 215 g/mol. The SMILES string of the molecule is Cc1ncn(-c2cccc(C(C)N)c2)c1C. The van der Waals surface area contributed by atoms with Gasteiger partial charge < -0.3 is 10.3 Å². The molecule has 0 spiro atoms. The van der Waals surface area contributed by atoms with Gasteiger partial charge in [0.25, 0.3) is 0 Å². The fourth-order valence-corrected chi connectivity index (χ4v) is 1.72. The molecule has 0 radical (unpaired) electrons. The van der Waals surface area contributed by atoms with Crippen molar-refractivity contribution in [3.8, 4) is 5.69 Å². The summed E-state index contributed by atoms with van der Waals surface area (Å²) >= 11 is 0. The van der Waals surface area contributed by atoms with Crippen molar-refractivity contribution < 1.29 is 0 Å². The van der Waals surface area contributed by atoms with E-state index in [0.29, 0.717) is 0 Å². The second kappa shape index (κ2) is 4.10. The maximum Gasteiger partial charge on any atom is 0.0997 e. The number of nitrogens with two attached hydrogens (primary N) is 1. The quantitative estimate of drug-likeness (QED) is 0.836. The molecule has 84 valence electrons. The molecule has 0 amide bonds. The molecule has 1 unspecified atom stereocenters. The van der Waals surface area contributed by atoms with E-state index < -0.39 is 0 Å². The van der Waals surface area contributed by atoms with Gasteiger partial charge in [-0.3, -0.25) is 0 Å². The molecule has 0 aliphatic heterocycles. The highest BCUT2D eigenvalue weighted by Crippen LogP contribution is 2.17. The predicted molar refractivity (Wildman–Crippen MR) is 65.6 cm³/mol. The molecule has 3 nitrogen and oxygen atoms in total. The second-order valence-corrected chi connectivity index (χ2v) is 4.17. The molecule has 1 atom stereocenters. The van der Waals surface area contributed by atoms with E-state index in [9.17, 15) is 0 Å². The molecule has 2 N–H and O–H groups in total. The first-order valence-corrected chi connectivity index (χ1v) is 5.46. The van der Waals surface area contributed by atoms with Crippen LogP contribution in [0.2, 0.25) is 0 Å². The summed E-state index contributed by atoms with van der Waals surface area (Å²) in [5.74, 6) is 0. The summed E-state index contributed by atoms with van der Waals surface area (Å²) in [6.07, 6.45) is 1.85. The largest absolute Gasteiger partial charge is 0.324 e. The summed E-state index contributed by atoms with van der Waals surface area (Å²) in [6.45, 7) is 6.08. The number of rotatable bonds is 2. The van der Waals surface area contributed by atoms with Crippen molar-refractivity contribution in [1.82, 2.24) is 9.55 Å². The van der Waals surface area contributed by atoms with E-state index in [1.807, 2.05) is 32.3 Å². The van der Waals surface area contributed by atoms with E-state index in [4.69, 9.17) is 5.73 Å². The lowest BCUT2D eigenvalue weighted by Crippen LogP contribution is -2.06. The van der Waals surface area contributed by atoms with Crippen LogP contribution in [0.1, 0.15) is 29.9 Å². The zero-order chi connectivity index (χ0) is 11.7.